The molecular formula is C24H36N6O6. The predicted octanol–water partition coefficient (Wildman–Crippen LogP) is -0.894. The van der Waals surface area contributed by atoms with Crippen LogP contribution in [0, 0.1) is 0 Å². The summed E-state index contributed by atoms with van der Waals surface area (Å²) in [7, 11) is 0. The van der Waals surface area contributed by atoms with Crippen LogP contribution in [-0.4, -0.2) is 75.7 Å². The number of aromatic amines is 1. The van der Waals surface area contributed by atoms with Crippen molar-refractivity contribution in [3.05, 3.63) is 36.0 Å². The Morgan fingerprint density at radius 2 is 1.69 bits per heavy atom. The lowest BCUT2D eigenvalue weighted by molar-refractivity contribution is -0.142. The number of rotatable bonds is 14. The molecule has 0 fully saturated rings. The summed E-state index contributed by atoms with van der Waals surface area (Å²) in [6, 6.07) is 2.72. The van der Waals surface area contributed by atoms with E-state index in [1.165, 1.54) is 13.8 Å². The van der Waals surface area contributed by atoms with Gasteiger partial charge >= 0.3 is 5.97 Å². The third kappa shape index (κ3) is 8.04. The van der Waals surface area contributed by atoms with Crippen LogP contribution in [0.3, 0.4) is 0 Å². The van der Waals surface area contributed by atoms with Crippen LogP contribution in [0.25, 0.3) is 10.9 Å². The lowest BCUT2D eigenvalue weighted by Crippen LogP contribution is -2.60. The fourth-order valence-corrected chi connectivity index (χ4v) is 3.67. The number of carbonyl (C=O) groups is 4. The van der Waals surface area contributed by atoms with E-state index in [0.29, 0.717) is 31.4 Å². The SMILES string of the molecule is CC(NC(=O)C(Cc1c[nH]c2ccccc12)NC(=O)C(NC(=O)C(N)CCCCN)C(C)O)C(=O)O. The predicted molar refractivity (Wildman–Crippen MR) is 134 cm³/mol. The molecule has 0 saturated carbocycles. The molecule has 12 nitrogen and oxygen atoms in total. The van der Waals surface area contributed by atoms with Gasteiger partial charge in [0.05, 0.1) is 12.1 Å². The van der Waals surface area contributed by atoms with Crippen molar-refractivity contribution in [2.45, 2.75) is 69.8 Å². The maximum atomic E-state index is 13.1. The van der Waals surface area contributed by atoms with Gasteiger partial charge in [-0.25, -0.2) is 0 Å². The first kappa shape index (κ1) is 28.8. The van der Waals surface area contributed by atoms with Crippen molar-refractivity contribution in [3.8, 4) is 0 Å². The molecule has 12 heteroatoms. The Bertz CT molecular complexity index is 1050. The number of hydrogen-bond donors (Lipinski definition) is 8. The number of nitrogens with one attached hydrogen (secondary N) is 4. The minimum atomic E-state index is -1.38. The van der Waals surface area contributed by atoms with E-state index in [9.17, 15) is 29.4 Å². The molecule has 2 aromatic rings. The molecule has 1 aromatic heterocycles. The molecule has 198 valence electrons. The third-order valence-electron chi connectivity index (χ3n) is 5.83. The zero-order chi connectivity index (χ0) is 26.8. The van der Waals surface area contributed by atoms with E-state index in [-0.39, 0.29) is 6.42 Å². The molecule has 0 aliphatic heterocycles. The number of H-pyrrole nitrogens is 1. The third-order valence-corrected chi connectivity index (χ3v) is 5.83. The number of carboxylic acid groups (broad SMARTS) is 1. The maximum absolute atomic E-state index is 13.1. The Labute approximate surface area is 209 Å². The van der Waals surface area contributed by atoms with Gasteiger partial charge < -0.3 is 42.6 Å². The second-order valence-electron chi connectivity index (χ2n) is 8.81. The van der Waals surface area contributed by atoms with Crippen molar-refractivity contribution in [3.63, 3.8) is 0 Å². The van der Waals surface area contributed by atoms with Crippen LogP contribution < -0.4 is 27.4 Å². The van der Waals surface area contributed by atoms with Crippen molar-refractivity contribution in [1.29, 1.82) is 0 Å². The van der Waals surface area contributed by atoms with Crippen molar-refractivity contribution in [2.75, 3.05) is 6.54 Å². The summed E-state index contributed by atoms with van der Waals surface area (Å²) in [6.07, 6.45) is 2.13. The van der Waals surface area contributed by atoms with Gasteiger partial charge in [0.25, 0.3) is 0 Å². The summed E-state index contributed by atoms with van der Waals surface area (Å²) >= 11 is 0. The first-order valence-corrected chi connectivity index (χ1v) is 11.9. The number of benzene rings is 1. The monoisotopic (exact) mass is 504 g/mol. The van der Waals surface area contributed by atoms with Crippen LogP contribution in [0.15, 0.2) is 30.5 Å². The number of aromatic nitrogens is 1. The summed E-state index contributed by atoms with van der Waals surface area (Å²) in [6.45, 7) is 3.09. The van der Waals surface area contributed by atoms with E-state index in [0.717, 1.165) is 10.9 Å². The van der Waals surface area contributed by atoms with E-state index in [1.54, 1.807) is 6.20 Å². The molecule has 0 saturated heterocycles. The quantitative estimate of drug-likeness (QED) is 0.151. The Morgan fingerprint density at radius 1 is 1.00 bits per heavy atom. The van der Waals surface area contributed by atoms with Gasteiger partial charge in [-0.1, -0.05) is 24.6 Å². The summed E-state index contributed by atoms with van der Waals surface area (Å²) in [5, 5.41) is 27.5. The van der Waals surface area contributed by atoms with E-state index in [2.05, 4.69) is 20.9 Å². The molecule has 1 heterocycles. The van der Waals surface area contributed by atoms with E-state index in [4.69, 9.17) is 11.5 Å². The minimum Gasteiger partial charge on any atom is -0.480 e. The van der Waals surface area contributed by atoms with Crippen LogP contribution in [-0.2, 0) is 25.6 Å². The molecule has 1 aromatic carbocycles. The number of aliphatic hydroxyl groups is 1. The van der Waals surface area contributed by atoms with E-state index >= 15 is 0 Å². The largest absolute Gasteiger partial charge is 0.480 e. The van der Waals surface area contributed by atoms with Crippen molar-refractivity contribution in [1.82, 2.24) is 20.9 Å². The topological polar surface area (TPSA) is 213 Å². The number of carboxylic acids is 1. The highest BCUT2D eigenvalue weighted by Gasteiger charge is 2.32. The molecule has 3 amide bonds. The lowest BCUT2D eigenvalue weighted by Gasteiger charge is -2.26. The first-order valence-electron chi connectivity index (χ1n) is 11.9. The maximum Gasteiger partial charge on any atom is 0.325 e. The van der Waals surface area contributed by atoms with Gasteiger partial charge in [0, 0.05) is 23.5 Å². The smallest absolute Gasteiger partial charge is 0.325 e. The second-order valence-corrected chi connectivity index (χ2v) is 8.81. The number of para-hydroxylation sites is 1. The van der Waals surface area contributed by atoms with Gasteiger partial charge in [-0.2, -0.15) is 0 Å². The summed E-state index contributed by atoms with van der Waals surface area (Å²) < 4.78 is 0. The molecule has 10 N–H and O–H groups in total. The van der Waals surface area contributed by atoms with Gasteiger partial charge in [-0.05, 0) is 44.9 Å². The van der Waals surface area contributed by atoms with Crippen LogP contribution in [0.4, 0.5) is 0 Å². The Kier molecular flexibility index (Phi) is 10.8. The highest BCUT2D eigenvalue weighted by atomic mass is 16.4. The van der Waals surface area contributed by atoms with Gasteiger partial charge in [0.2, 0.25) is 17.7 Å². The number of nitrogens with two attached hydrogens (primary N) is 2. The van der Waals surface area contributed by atoms with Gasteiger partial charge in [0.15, 0.2) is 0 Å². The van der Waals surface area contributed by atoms with Crippen molar-refractivity contribution < 1.29 is 29.4 Å². The van der Waals surface area contributed by atoms with Crippen molar-refractivity contribution >= 4 is 34.6 Å². The molecular weight excluding hydrogens is 468 g/mol. The molecule has 0 spiro atoms. The summed E-state index contributed by atoms with van der Waals surface area (Å²) in [5.41, 5.74) is 12.9. The lowest BCUT2D eigenvalue weighted by atomic mass is 10.0. The van der Waals surface area contributed by atoms with Crippen LogP contribution in [0.1, 0.15) is 38.7 Å². The summed E-state index contributed by atoms with van der Waals surface area (Å²) in [4.78, 5) is 52.9. The van der Waals surface area contributed by atoms with Crippen LogP contribution in [0.5, 0.6) is 0 Å². The van der Waals surface area contributed by atoms with Gasteiger partial charge in [-0.15, -0.1) is 0 Å². The molecule has 0 aliphatic rings. The average Bonchev–Trinajstić information content (AvgIpc) is 3.24. The molecule has 0 radical (unpaired) electrons. The fraction of sp³-hybridized carbons (Fsp3) is 0.500. The number of unbranched alkanes of at least 4 members (excludes halogenated alkanes) is 1. The number of carbonyl (C=O) groups excluding carboxylic acids is 3. The van der Waals surface area contributed by atoms with Gasteiger partial charge in [0.1, 0.15) is 18.1 Å². The molecule has 0 aliphatic carbocycles. The Balaban J connectivity index is 2.20. The van der Waals surface area contributed by atoms with Crippen molar-refractivity contribution in [2.24, 2.45) is 11.5 Å². The van der Waals surface area contributed by atoms with Gasteiger partial charge in [-0.3, -0.25) is 19.2 Å². The number of hydrogen-bond acceptors (Lipinski definition) is 7. The fourth-order valence-electron chi connectivity index (χ4n) is 3.67. The molecule has 2 rings (SSSR count). The molecule has 5 unspecified atom stereocenters. The average molecular weight is 505 g/mol. The van der Waals surface area contributed by atoms with Crippen LogP contribution in [0.2, 0.25) is 0 Å². The number of fused-ring (bicyclic) bond motifs is 1. The summed E-state index contributed by atoms with van der Waals surface area (Å²) in [5.74, 6) is -3.39. The van der Waals surface area contributed by atoms with Crippen LogP contribution >= 0.6 is 0 Å². The molecule has 0 bridgehead atoms. The highest BCUT2D eigenvalue weighted by Crippen LogP contribution is 2.19. The molecule has 36 heavy (non-hydrogen) atoms. The molecule has 5 atom stereocenters. The highest BCUT2D eigenvalue weighted by molar-refractivity contribution is 5.95. The zero-order valence-electron chi connectivity index (χ0n) is 20.5. The zero-order valence-corrected chi connectivity index (χ0v) is 20.5. The minimum absolute atomic E-state index is 0.0347. The van der Waals surface area contributed by atoms with E-state index < -0.39 is 54.0 Å². The number of aliphatic hydroxyl groups excluding tert-OH is 1. The standard InChI is InChI=1S/C24H36N6O6/c1-13(24(35)36)28-22(33)19(11-15-12-27-18-9-4-3-7-16(15)18)29-23(34)20(14(2)31)30-21(32)17(26)8-5-6-10-25/h3-4,7,9,12-14,17,19-20,27,31H,5-6,8,10-11,25-26H2,1-2H3,(H,28,33)(H,29,34)(H,30,32)(H,35,36). The number of amides is 3. The van der Waals surface area contributed by atoms with E-state index in [1.807, 2.05) is 24.3 Å². The normalized spacial score (nSPS) is 15.4. The Morgan fingerprint density at radius 3 is 2.33 bits per heavy atom. The second kappa shape index (κ2) is 13.6. The first-order chi connectivity index (χ1) is 17.0. The number of aliphatic carboxylic acids is 1. The Hall–Kier alpha value is -3.48.